The third-order valence-corrected chi connectivity index (χ3v) is 5.27. The van der Waals surface area contributed by atoms with Crippen molar-refractivity contribution >= 4 is 29.9 Å². The summed E-state index contributed by atoms with van der Waals surface area (Å²) in [6.07, 6.45) is 4.70. The van der Waals surface area contributed by atoms with Gasteiger partial charge in [-0.05, 0) is 36.7 Å². The maximum atomic E-state index is 4.33. The number of hydrogen-bond donors (Lipinski definition) is 2. The lowest BCUT2D eigenvalue weighted by molar-refractivity contribution is 0.139. The third-order valence-electron chi connectivity index (χ3n) is 5.27. The number of aromatic nitrogens is 2. The van der Waals surface area contributed by atoms with E-state index in [1.54, 1.807) is 6.20 Å². The molecule has 8 heteroatoms. The molecule has 29 heavy (non-hydrogen) atoms. The molecule has 0 saturated carbocycles. The average molecular weight is 511 g/mol. The Bertz CT molecular complexity index is 707. The molecular weight excluding hydrogens is 477 g/mol. The van der Waals surface area contributed by atoms with Gasteiger partial charge in [-0.3, -0.25) is 9.89 Å². The SMILES string of the molecule is CCN1CCN(CCNC(=NC)NCCc2ccc(-n3cccn3)cc2)CC1.I. The fourth-order valence-electron chi connectivity index (χ4n) is 3.44. The number of guanidine groups is 1. The van der Waals surface area contributed by atoms with Crippen molar-refractivity contribution in [3.8, 4) is 5.69 Å². The molecular formula is C21H34IN7. The van der Waals surface area contributed by atoms with Gasteiger partial charge in [-0.1, -0.05) is 19.1 Å². The molecule has 1 aromatic carbocycles. The van der Waals surface area contributed by atoms with Crippen molar-refractivity contribution < 1.29 is 0 Å². The van der Waals surface area contributed by atoms with E-state index in [0.717, 1.165) is 57.3 Å². The van der Waals surface area contributed by atoms with Crippen LogP contribution in [0.1, 0.15) is 12.5 Å². The van der Waals surface area contributed by atoms with Crippen LogP contribution in [0.4, 0.5) is 0 Å². The van der Waals surface area contributed by atoms with Gasteiger partial charge < -0.3 is 15.5 Å². The van der Waals surface area contributed by atoms with Gasteiger partial charge in [0.25, 0.3) is 0 Å². The van der Waals surface area contributed by atoms with E-state index < -0.39 is 0 Å². The maximum Gasteiger partial charge on any atom is 0.191 e. The zero-order valence-corrected chi connectivity index (χ0v) is 19.9. The Hall–Kier alpha value is -1.65. The first-order valence-electron chi connectivity index (χ1n) is 10.3. The van der Waals surface area contributed by atoms with Crippen LogP contribution in [0.25, 0.3) is 5.69 Å². The van der Waals surface area contributed by atoms with E-state index in [0.29, 0.717) is 0 Å². The first kappa shape index (κ1) is 23.6. The Morgan fingerprint density at radius 2 is 1.72 bits per heavy atom. The van der Waals surface area contributed by atoms with Gasteiger partial charge in [0, 0.05) is 65.3 Å². The van der Waals surface area contributed by atoms with Crippen molar-refractivity contribution in [2.75, 3.05) is 59.4 Å². The van der Waals surface area contributed by atoms with Crippen molar-refractivity contribution in [2.45, 2.75) is 13.3 Å². The van der Waals surface area contributed by atoms with E-state index in [9.17, 15) is 0 Å². The predicted octanol–water partition coefficient (Wildman–Crippen LogP) is 1.84. The van der Waals surface area contributed by atoms with E-state index in [1.165, 1.54) is 18.7 Å². The van der Waals surface area contributed by atoms with Crippen LogP contribution >= 0.6 is 24.0 Å². The number of likely N-dealkylation sites (N-methyl/N-ethyl adjacent to an activating group) is 1. The summed E-state index contributed by atoms with van der Waals surface area (Å²) in [5, 5.41) is 11.1. The summed E-state index contributed by atoms with van der Waals surface area (Å²) in [6, 6.07) is 10.5. The van der Waals surface area contributed by atoms with Gasteiger partial charge in [-0.15, -0.1) is 24.0 Å². The number of rotatable bonds is 8. The van der Waals surface area contributed by atoms with E-state index in [4.69, 9.17) is 0 Å². The summed E-state index contributed by atoms with van der Waals surface area (Å²) in [6.45, 7) is 10.9. The quantitative estimate of drug-likeness (QED) is 0.322. The molecule has 0 radical (unpaired) electrons. The topological polar surface area (TPSA) is 60.7 Å². The van der Waals surface area contributed by atoms with Gasteiger partial charge in [0.05, 0.1) is 5.69 Å². The molecule has 7 nitrogen and oxygen atoms in total. The number of benzene rings is 1. The van der Waals surface area contributed by atoms with Crippen LogP contribution in [-0.4, -0.2) is 84.9 Å². The Morgan fingerprint density at radius 3 is 2.34 bits per heavy atom. The second-order valence-corrected chi connectivity index (χ2v) is 7.07. The van der Waals surface area contributed by atoms with Gasteiger partial charge in [-0.25, -0.2) is 4.68 Å². The lowest BCUT2D eigenvalue weighted by atomic mass is 10.1. The van der Waals surface area contributed by atoms with Crippen LogP contribution in [0.3, 0.4) is 0 Å². The largest absolute Gasteiger partial charge is 0.356 e. The van der Waals surface area contributed by atoms with Gasteiger partial charge in [0.2, 0.25) is 0 Å². The molecule has 160 valence electrons. The van der Waals surface area contributed by atoms with E-state index >= 15 is 0 Å². The third kappa shape index (κ3) is 7.60. The van der Waals surface area contributed by atoms with Crippen LogP contribution in [0.2, 0.25) is 0 Å². The highest BCUT2D eigenvalue weighted by Crippen LogP contribution is 2.08. The van der Waals surface area contributed by atoms with Crippen LogP contribution in [0.5, 0.6) is 0 Å². The summed E-state index contributed by atoms with van der Waals surface area (Å²) in [4.78, 5) is 9.36. The minimum Gasteiger partial charge on any atom is -0.356 e. The molecule has 0 amide bonds. The maximum absolute atomic E-state index is 4.33. The monoisotopic (exact) mass is 511 g/mol. The van der Waals surface area contributed by atoms with Gasteiger partial charge in [0.1, 0.15) is 0 Å². The summed E-state index contributed by atoms with van der Waals surface area (Å²) in [7, 11) is 1.83. The van der Waals surface area contributed by atoms with Crippen molar-refractivity contribution in [3.63, 3.8) is 0 Å². The average Bonchev–Trinajstić information content (AvgIpc) is 3.28. The molecule has 2 aromatic rings. The summed E-state index contributed by atoms with van der Waals surface area (Å²) >= 11 is 0. The number of halogens is 1. The van der Waals surface area contributed by atoms with Crippen molar-refractivity contribution in [3.05, 3.63) is 48.3 Å². The van der Waals surface area contributed by atoms with E-state index in [-0.39, 0.29) is 24.0 Å². The first-order valence-corrected chi connectivity index (χ1v) is 10.3. The van der Waals surface area contributed by atoms with Gasteiger partial charge >= 0.3 is 0 Å². The van der Waals surface area contributed by atoms with Crippen molar-refractivity contribution in [2.24, 2.45) is 4.99 Å². The molecule has 3 rings (SSSR count). The minimum atomic E-state index is 0. The number of aliphatic imine (C=N–C) groups is 1. The van der Waals surface area contributed by atoms with Crippen LogP contribution in [0, 0.1) is 0 Å². The number of hydrogen-bond acceptors (Lipinski definition) is 4. The molecule has 2 heterocycles. The minimum absolute atomic E-state index is 0. The van der Waals surface area contributed by atoms with E-state index in [1.807, 2.05) is 24.0 Å². The molecule has 0 atom stereocenters. The zero-order chi connectivity index (χ0) is 19.6. The lowest BCUT2D eigenvalue weighted by Gasteiger charge is -2.34. The molecule has 0 bridgehead atoms. The van der Waals surface area contributed by atoms with Crippen LogP contribution < -0.4 is 10.6 Å². The van der Waals surface area contributed by atoms with Crippen LogP contribution in [0.15, 0.2) is 47.7 Å². The zero-order valence-electron chi connectivity index (χ0n) is 17.5. The number of piperazine rings is 1. The van der Waals surface area contributed by atoms with Crippen molar-refractivity contribution in [1.82, 2.24) is 30.2 Å². The van der Waals surface area contributed by atoms with Crippen molar-refractivity contribution in [1.29, 1.82) is 0 Å². The number of nitrogens with zero attached hydrogens (tertiary/aromatic N) is 5. The second-order valence-electron chi connectivity index (χ2n) is 7.07. The Kier molecular flexibility index (Phi) is 10.4. The first-order chi connectivity index (χ1) is 13.8. The Labute approximate surface area is 191 Å². The summed E-state index contributed by atoms with van der Waals surface area (Å²) in [5.41, 5.74) is 2.38. The highest BCUT2D eigenvalue weighted by Gasteiger charge is 2.14. The summed E-state index contributed by atoms with van der Waals surface area (Å²) < 4.78 is 1.87. The Balaban J connectivity index is 0.00000300. The Morgan fingerprint density at radius 1 is 1.03 bits per heavy atom. The normalized spacial score (nSPS) is 15.7. The molecule has 2 N–H and O–H groups in total. The van der Waals surface area contributed by atoms with Gasteiger partial charge in [0.15, 0.2) is 5.96 Å². The van der Waals surface area contributed by atoms with E-state index in [2.05, 4.69) is 61.7 Å². The molecule has 1 saturated heterocycles. The number of nitrogens with one attached hydrogen (secondary N) is 2. The molecule has 1 fully saturated rings. The molecule has 0 spiro atoms. The fourth-order valence-corrected chi connectivity index (χ4v) is 3.44. The van der Waals surface area contributed by atoms with Gasteiger partial charge in [-0.2, -0.15) is 5.10 Å². The standard InChI is InChI=1S/C21H33N7.HI/c1-3-26-15-17-27(18-16-26)14-12-24-21(22-2)23-11-9-19-5-7-20(8-6-19)28-13-4-10-25-28;/h4-8,10,13H,3,9,11-12,14-18H2,1-2H3,(H2,22,23,24);1H. The summed E-state index contributed by atoms with van der Waals surface area (Å²) in [5.74, 6) is 0.875. The highest BCUT2D eigenvalue weighted by molar-refractivity contribution is 14.0. The predicted molar refractivity (Wildman–Crippen MR) is 131 cm³/mol. The molecule has 1 aliphatic rings. The highest BCUT2D eigenvalue weighted by atomic mass is 127. The lowest BCUT2D eigenvalue weighted by Crippen LogP contribution is -2.49. The molecule has 1 aliphatic heterocycles. The van der Waals surface area contributed by atoms with Crippen LogP contribution in [-0.2, 0) is 6.42 Å². The molecule has 0 aliphatic carbocycles. The molecule has 1 aromatic heterocycles. The smallest absolute Gasteiger partial charge is 0.191 e. The fraction of sp³-hybridized carbons (Fsp3) is 0.524. The second kappa shape index (κ2) is 12.8. The molecule has 0 unspecified atom stereocenters.